The monoisotopic (exact) mass is 233 g/mol. The zero-order chi connectivity index (χ0) is 12.1. The molecule has 0 saturated heterocycles. The van der Waals surface area contributed by atoms with Gasteiger partial charge >= 0.3 is 7.12 Å². The molecule has 0 aliphatic heterocycles. The molecule has 1 aliphatic rings. The quantitative estimate of drug-likeness (QED) is 0.673. The lowest BCUT2D eigenvalue weighted by Crippen LogP contribution is -2.29. The summed E-state index contributed by atoms with van der Waals surface area (Å²) in [6, 6.07) is 7.30. The minimum absolute atomic E-state index is 0.538. The summed E-state index contributed by atoms with van der Waals surface area (Å²) in [5, 5.41) is 21.5. The molecule has 0 aromatic heterocycles. The molecule has 0 bridgehead atoms. The lowest BCUT2D eigenvalue weighted by atomic mass is 9.80. The normalized spacial score (nSPS) is 16.1. The molecule has 2 rings (SSSR count). The van der Waals surface area contributed by atoms with E-state index in [0.717, 1.165) is 18.2 Å². The number of anilines is 1. The predicted molar refractivity (Wildman–Crippen MR) is 71.3 cm³/mol. The number of hydrogen-bond acceptors (Lipinski definition) is 3. The largest absolute Gasteiger partial charge is 0.488 e. The lowest BCUT2D eigenvalue weighted by Gasteiger charge is -2.11. The molecule has 17 heavy (non-hydrogen) atoms. The first-order chi connectivity index (χ1) is 8.25. The van der Waals surface area contributed by atoms with E-state index in [9.17, 15) is 0 Å². The van der Waals surface area contributed by atoms with Gasteiger partial charge in [0.25, 0.3) is 0 Å². The van der Waals surface area contributed by atoms with Crippen LogP contribution in [0.3, 0.4) is 0 Å². The SMILES string of the molecule is OB(O)c1cccc(NCCC2CCCC2)c1. The molecule has 1 fully saturated rings. The van der Waals surface area contributed by atoms with E-state index in [-0.39, 0.29) is 0 Å². The van der Waals surface area contributed by atoms with Crippen LogP contribution in [0.2, 0.25) is 0 Å². The average molecular weight is 233 g/mol. The van der Waals surface area contributed by atoms with Gasteiger partial charge in [-0.05, 0) is 29.9 Å². The summed E-state index contributed by atoms with van der Waals surface area (Å²) < 4.78 is 0. The van der Waals surface area contributed by atoms with Crippen molar-refractivity contribution >= 4 is 18.3 Å². The van der Waals surface area contributed by atoms with Crippen LogP contribution in [0.5, 0.6) is 0 Å². The van der Waals surface area contributed by atoms with Crippen molar-refractivity contribution in [2.45, 2.75) is 32.1 Å². The lowest BCUT2D eigenvalue weighted by molar-refractivity contribution is 0.426. The Morgan fingerprint density at radius 3 is 2.71 bits per heavy atom. The molecule has 1 saturated carbocycles. The van der Waals surface area contributed by atoms with Crippen molar-refractivity contribution in [2.75, 3.05) is 11.9 Å². The third-order valence-corrected chi connectivity index (χ3v) is 3.54. The summed E-state index contributed by atoms with van der Waals surface area (Å²) in [4.78, 5) is 0. The zero-order valence-electron chi connectivity index (χ0n) is 10.1. The van der Waals surface area contributed by atoms with Crippen LogP contribution in [0, 0.1) is 5.92 Å². The Balaban J connectivity index is 1.79. The standard InChI is InChI=1S/C13H20BNO2/c16-14(17)12-6-3-7-13(10-12)15-9-8-11-4-1-2-5-11/h3,6-7,10-11,15-17H,1-2,4-5,8-9H2. The molecule has 3 N–H and O–H groups in total. The summed E-state index contributed by atoms with van der Waals surface area (Å²) in [5.41, 5.74) is 1.50. The van der Waals surface area contributed by atoms with Gasteiger partial charge in [0.1, 0.15) is 0 Å². The van der Waals surface area contributed by atoms with Crippen LogP contribution in [0.1, 0.15) is 32.1 Å². The van der Waals surface area contributed by atoms with E-state index in [1.807, 2.05) is 12.1 Å². The van der Waals surface area contributed by atoms with Gasteiger partial charge in [-0.15, -0.1) is 0 Å². The van der Waals surface area contributed by atoms with Crippen molar-refractivity contribution in [3.05, 3.63) is 24.3 Å². The molecule has 3 nitrogen and oxygen atoms in total. The van der Waals surface area contributed by atoms with Crippen LogP contribution in [0.15, 0.2) is 24.3 Å². The highest BCUT2D eigenvalue weighted by Crippen LogP contribution is 2.27. The first-order valence-corrected chi connectivity index (χ1v) is 6.45. The molecular weight excluding hydrogens is 213 g/mol. The highest BCUT2D eigenvalue weighted by Gasteiger charge is 2.14. The minimum atomic E-state index is -1.38. The van der Waals surface area contributed by atoms with E-state index in [4.69, 9.17) is 10.0 Å². The van der Waals surface area contributed by atoms with Crippen molar-refractivity contribution in [1.82, 2.24) is 0 Å². The Kier molecular flexibility index (Phi) is 4.46. The second-order valence-corrected chi connectivity index (χ2v) is 4.87. The third-order valence-electron chi connectivity index (χ3n) is 3.54. The van der Waals surface area contributed by atoms with Gasteiger partial charge in [-0.2, -0.15) is 0 Å². The fourth-order valence-corrected chi connectivity index (χ4v) is 2.53. The van der Waals surface area contributed by atoms with Gasteiger partial charge < -0.3 is 15.4 Å². The molecule has 0 heterocycles. The van der Waals surface area contributed by atoms with Crippen LogP contribution >= 0.6 is 0 Å². The number of hydrogen-bond donors (Lipinski definition) is 3. The molecular formula is C13H20BNO2. The van der Waals surface area contributed by atoms with Gasteiger partial charge in [0.2, 0.25) is 0 Å². The molecule has 0 atom stereocenters. The van der Waals surface area contributed by atoms with E-state index in [1.54, 1.807) is 12.1 Å². The fourth-order valence-electron chi connectivity index (χ4n) is 2.53. The molecule has 1 aromatic carbocycles. The molecule has 0 radical (unpaired) electrons. The number of benzene rings is 1. The van der Waals surface area contributed by atoms with E-state index >= 15 is 0 Å². The van der Waals surface area contributed by atoms with Crippen LogP contribution in [-0.4, -0.2) is 23.7 Å². The first kappa shape index (κ1) is 12.5. The van der Waals surface area contributed by atoms with Crippen molar-refractivity contribution in [2.24, 2.45) is 5.92 Å². The van der Waals surface area contributed by atoms with Crippen LogP contribution in [0.25, 0.3) is 0 Å². The summed E-state index contributed by atoms with van der Waals surface area (Å²) in [6.07, 6.45) is 6.73. The van der Waals surface area contributed by atoms with E-state index < -0.39 is 7.12 Å². The number of rotatable bonds is 5. The molecule has 1 aromatic rings. The fraction of sp³-hybridized carbons (Fsp3) is 0.538. The van der Waals surface area contributed by atoms with E-state index in [2.05, 4.69) is 5.32 Å². The van der Waals surface area contributed by atoms with Gasteiger partial charge in [-0.1, -0.05) is 37.8 Å². The van der Waals surface area contributed by atoms with Gasteiger partial charge in [0.15, 0.2) is 0 Å². The number of nitrogens with one attached hydrogen (secondary N) is 1. The molecule has 4 heteroatoms. The maximum atomic E-state index is 9.07. The van der Waals surface area contributed by atoms with E-state index in [0.29, 0.717) is 5.46 Å². The Bertz CT molecular complexity index is 351. The van der Waals surface area contributed by atoms with Crippen molar-refractivity contribution in [3.8, 4) is 0 Å². The molecule has 0 unspecified atom stereocenters. The smallest absolute Gasteiger partial charge is 0.423 e. The van der Waals surface area contributed by atoms with Gasteiger partial charge in [0.05, 0.1) is 0 Å². The molecule has 1 aliphatic carbocycles. The second kappa shape index (κ2) is 6.08. The topological polar surface area (TPSA) is 52.5 Å². The Labute approximate surface area is 103 Å². The van der Waals surface area contributed by atoms with Gasteiger partial charge in [-0.25, -0.2) is 0 Å². The average Bonchev–Trinajstić information content (AvgIpc) is 2.82. The van der Waals surface area contributed by atoms with E-state index in [1.165, 1.54) is 32.1 Å². The summed E-state index contributed by atoms with van der Waals surface area (Å²) in [6.45, 7) is 0.968. The Morgan fingerprint density at radius 1 is 1.24 bits per heavy atom. The van der Waals surface area contributed by atoms with Crippen LogP contribution < -0.4 is 10.8 Å². The maximum Gasteiger partial charge on any atom is 0.488 e. The predicted octanol–water partition coefficient (Wildman–Crippen LogP) is 1.36. The summed E-state index contributed by atoms with van der Waals surface area (Å²) in [5.74, 6) is 0.883. The van der Waals surface area contributed by atoms with Crippen molar-refractivity contribution in [3.63, 3.8) is 0 Å². The molecule has 92 valence electrons. The van der Waals surface area contributed by atoms with Crippen LogP contribution in [-0.2, 0) is 0 Å². The minimum Gasteiger partial charge on any atom is -0.423 e. The Morgan fingerprint density at radius 2 is 2.00 bits per heavy atom. The third kappa shape index (κ3) is 3.75. The van der Waals surface area contributed by atoms with Gasteiger partial charge in [-0.3, -0.25) is 0 Å². The summed E-state index contributed by atoms with van der Waals surface area (Å²) in [7, 11) is -1.38. The zero-order valence-corrected chi connectivity index (χ0v) is 10.1. The molecule has 0 spiro atoms. The highest BCUT2D eigenvalue weighted by atomic mass is 16.4. The second-order valence-electron chi connectivity index (χ2n) is 4.87. The summed E-state index contributed by atoms with van der Waals surface area (Å²) >= 11 is 0. The van der Waals surface area contributed by atoms with Crippen molar-refractivity contribution in [1.29, 1.82) is 0 Å². The maximum absolute atomic E-state index is 9.07. The Hall–Kier alpha value is -0.995. The van der Waals surface area contributed by atoms with Gasteiger partial charge in [0, 0.05) is 12.2 Å². The van der Waals surface area contributed by atoms with Crippen LogP contribution in [0.4, 0.5) is 5.69 Å². The molecule has 0 amide bonds. The van der Waals surface area contributed by atoms with Crippen molar-refractivity contribution < 1.29 is 10.0 Å². The highest BCUT2D eigenvalue weighted by molar-refractivity contribution is 6.58. The first-order valence-electron chi connectivity index (χ1n) is 6.45.